The Morgan fingerprint density at radius 3 is 2.89 bits per heavy atom. The second-order valence-electron chi connectivity index (χ2n) is 4.83. The van der Waals surface area contributed by atoms with Gasteiger partial charge < -0.3 is 10.9 Å². The van der Waals surface area contributed by atoms with Gasteiger partial charge in [0, 0.05) is 17.5 Å². The topological polar surface area (TPSA) is 61.8 Å². The Hall–Kier alpha value is -1.07. The minimum atomic E-state index is 0.313. The molecule has 1 fully saturated rings. The third-order valence-electron chi connectivity index (χ3n) is 3.56. The van der Waals surface area contributed by atoms with Gasteiger partial charge in [-0.05, 0) is 30.7 Å². The van der Waals surface area contributed by atoms with Crippen LogP contribution in [-0.4, -0.2) is 35.1 Å². The van der Waals surface area contributed by atoms with Crippen LogP contribution in [0.2, 0.25) is 0 Å². The summed E-state index contributed by atoms with van der Waals surface area (Å²) < 4.78 is 0. The zero-order valence-electron chi connectivity index (χ0n) is 10.6. The Kier molecular flexibility index (Phi) is 5.01. The molecule has 2 rings (SSSR count). The molecule has 18 heavy (non-hydrogen) atoms. The summed E-state index contributed by atoms with van der Waals surface area (Å²) in [7, 11) is 0. The first-order chi connectivity index (χ1) is 8.79. The highest BCUT2D eigenvalue weighted by molar-refractivity contribution is 7.09. The molecular formula is C13H21N3OS. The van der Waals surface area contributed by atoms with Crippen molar-refractivity contribution in [3.05, 3.63) is 22.4 Å². The molecular weight excluding hydrogens is 246 g/mol. The summed E-state index contributed by atoms with van der Waals surface area (Å²) in [6, 6.07) is 4.86. The van der Waals surface area contributed by atoms with Crippen LogP contribution in [0.4, 0.5) is 0 Å². The van der Waals surface area contributed by atoms with Crippen LogP contribution in [0, 0.1) is 0 Å². The van der Waals surface area contributed by atoms with Gasteiger partial charge in [-0.3, -0.25) is 4.90 Å². The van der Waals surface area contributed by atoms with Gasteiger partial charge >= 0.3 is 0 Å². The first-order valence-corrected chi connectivity index (χ1v) is 7.40. The van der Waals surface area contributed by atoms with E-state index in [4.69, 9.17) is 10.9 Å². The fourth-order valence-electron chi connectivity index (χ4n) is 2.61. The molecule has 1 aromatic heterocycles. The van der Waals surface area contributed by atoms with Crippen LogP contribution in [0.3, 0.4) is 0 Å². The highest BCUT2D eigenvalue weighted by atomic mass is 32.1. The largest absolute Gasteiger partial charge is 0.409 e. The molecule has 5 heteroatoms. The summed E-state index contributed by atoms with van der Waals surface area (Å²) in [4.78, 5) is 3.76. The molecule has 0 unspecified atom stereocenters. The number of rotatable bonds is 6. The fourth-order valence-corrected chi connectivity index (χ4v) is 3.31. The van der Waals surface area contributed by atoms with Crippen LogP contribution >= 0.6 is 11.3 Å². The molecule has 0 atom stereocenters. The van der Waals surface area contributed by atoms with Crippen molar-refractivity contribution in [1.29, 1.82) is 0 Å². The van der Waals surface area contributed by atoms with E-state index >= 15 is 0 Å². The lowest BCUT2D eigenvalue weighted by Crippen LogP contribution is -2.41. The minimum absolute atomic E-state index is 0.313. The van der Waals surface area contributed by atoms with Gasteiger partial charge in [-0.1, -0.05) is 24.1 Å². The number of nitrogens with two attached hydrogens (primary N) is 1. The molecule has 1 aliphatic carbocycles. The quantitative estimate of drug-likeness (QED) is 0.360. The van der Waals surface area contributed by atoms with Gasteiger partial charge in [0.15, 0.2) is 5.84 Å². The number of hydrogen-bond donors (Lipinski definition) is 2. The molecule has 0 radical (unpaired) electrons. The summed E-state index contributed by atoms with van der Waals surface area (Å²) in [5, 5.41) is 13.9. The normalized spacial score (nSPS) is 17.7. The van der Waals surface area contributed by atoms with Crippen molar-refractivity contribution in [2.24, 2.45) is 10.9 Å². The van der Waals surface area contributed by atoms with E-state index in [1.54, 1.807) is 11.3 Å². The minimum Gasteiger partial charge on any atom is -0.409 e. The van der Waals surface area contributed by atoms with Gasteiger partial charge in [0.1, 0.15) is 0 Å². The third kappa shape index (κ3) is 3.71. The molecule has 1 aromatic rings. The second kappa shape index (κ2) is 6.75. The molecule has 1 heterocycles. The highest BCUT2D eigenvalue weighted by Gasteiger charge is 2.23. The first-order valence-electron chi connectivity index (χ1n) is 6.52. The molecule has 0 spiro atoms. The summed E-state index contributed by atoms with van der Waals surface area (Å²) in [5.41, 5.74) is 5.65. The summed E-state index contributed by atoms with van der Waals surface area (Å²) >= 11 is 1.79. The van der Waals surface area contributed by atoms with E-state index in [1.807, 2.05) is 0 Å². The van der Waals surface area contributed by atoms with Gasteiger partial charge in [-0.25, -0.2) is 0 Å². The molecule has 0 aromatic carbocycles. The second-order valence-corrected chi connectivity index (χ2v) is 5.86. The number of oxime groups is 1. The van der Waals surface area contributed by atoms with Crippen molar-refractivity contribution in [3.8, 4) is 0 Å². The lowest BCUT2D eigenvalue weighted by molar-refractivity contribution is 0.225. The van der Waals surface area contributed by atoms with Crippen LogP contribution < -0.4 is 5.73 Å². The Bertz CT molecular complexity index is 372. The third-order valence-corrected chi connectivity index (χ3v) is 4.50. The van der Waals surface area contributed by atoms with E-state index in [2.05, 4.69) is 27.6 Å². The maximum absolute atomic E-state index is 8.72. The van der Waals surface area contributed by atoms with Crippen LogP contribution in [0.5, 0.6) is 0 Å². The Morgan fingerprint density at radius 1 is 1.50 bits per heavy atom. The molecule has 4 nitrogen and oxygen atoms in total. The van der Waals surface area contributed by atoms with Crippen molar-refractivity contribution < 1.29 is 5.21 Å². The number of hydrogen-bond acceptors (Lipinski definition) is 4. The van der Waals surface area contributed by atoms with E-state index in [0.29, 0.717) is 18.4 Å². The zero-order valence-corrected chi connectivity index (χ0v) is 11.4. The van der Waals surface area contributed by atoms with E-state index < -0.39 is 0 Å². The van der Waals surface area contributed by atoms with Crippen molar-refractivity contribution >= 4 is 17.2 Å². The summed E-state index contributed by atoms with van der Waals surface area (Å²) in [6.07, 6.45) is 6.13. The van der Waals surface area contributed by atoms with Gasteiger partial charge in [0.2, 0.25) is 0 Å². The molecule has 100 valence electrons. The molecule has 0 amide bonds. The number of amidine groups is 1. The van der Waals surface area contributed by atoms with Crippen LogP contribution in [0.25, 0.3) is 0 Å². The fraction of sp³-hybridized carbons (Fsp3) is 0.615. The molecule has 0 bridgehead atoms. The Labute approximate surface area is 112 Å². The van der Waals surface area contributed by atoms with E-state index in [-0.39, 0.29) is 0 Å². The maximum atomic E-state index is 8.72. The zero-order chi connectivity index (χ0) is 12.8. The smallest absolute Gasteiger partial charge is 0.153 e. The van der Waals surface area contributed by atoms with Crippen molar-refractivity contribution in [2.45, 2.75) is 38.1 Å². The van der Waals surface area contributed by atoms with Gasteiger partial charge in [-0.15, -0.1) is 11.3 Å². The monoisotopic (exact) mass is 267 g/mol. The molecule has 1 saturated carbocycles. The lowest BCUT2D eigenvalue weighted by Gasteiger charge is -2.27. The van der Waals surface area contributed by atoms with Crippen molar-refractivity contribution in [3.63, 3.8) is 0 Å². The molecule has 1 aliphatic rings. The van der Waals surface area contributed by atoms with Gasteiger partial charge in [-0.2, -0.15) is 0 Å². The molecule has 0 aliphatic heterocycles. The van der Waals surface area contributed by atoms with E-state index in [1.165, 1.54) is 30.6 Å². The van der Waals surface area contributed by atoms with Gasteiger partial charge in [0.25, 0.3) is 0 Å². The van der Waals surface area contributed by atoms with Crippen molar-refractivity contribution in [1.82, 2.24) is 4.90 Å². The number of thiophene rings is 1. The average Bonchev–Trinajstić information content (AvgIpc) is 3.06. The lowest BCUT2D eigenvalue weighted by atomic mass is 10.2. The van der Waals surface area contributed by atoms with Crippen molar-refractivity contribution in [2.75, 3.05) is 13.1 Å². The van der Waals surface area contributed by atoms with Gasteiger partial charge in [0.05, 0.1) is 6.54 Å². The Morgan fingerprint density at radius 2 is 2.28 bits per heavy atom. The Balaban J connectivity index is 1.90. The predicted octanol–water partition coefficient (Wildman–Crippen LogP) is 2.28. The van der Waals surface area contributed by atoms with Crippen LogP contribution in [0.15, 0.2) is 22.7 Å². The SMILES string of the molecule is NC(CN(CCc1cccs1)C1CCCC1)=NO. The van der Waals surface area contributed by atoms with Crippen LogP contribution in [0.1, 0.15) is 30.6 Å². The maximum Gasteiger partial charge on any atom is 0.153 e. The standard InChI is InChI=1S/C13H21N3OS/c14-13(15-17)10-16(11-4-1-2-5-11)8-7-12-6-3-9-18-12/h3,6,9,11,17H,1-2,4-5,7-8,10H2,(H2,14,15). The summed E-state index contributed by atoms with van der Waals surface area (Å²) in [5.74, 6) is 0.313. The first kappa shape index (κ1) is 13.4. The number of nitrogens with zero attached hydrogens (tertiary/aromatic N) is 2. The predicted molar refractivity (Wildman–Crippen MR) is 75.3 cm³/mol. The molecule has 0 saturated heterocycles. The highest BCUT2D eigenvalue weighted by Crippen LogP contribution is 2.23. The van der Waals surface area contributed by atoms with E-state index in [9.17, 15) is 0 Å². The summed E-state index contributed by atoms with van der Waals surface area (Å²) in [6.45, 7) is 1.56. The average molecular weight is 267 g/mol. The molecule has 3 N–H and O–H groups in total. The van der Waals surface area contributed by atoms with Crippen LogP contribution in [-0.2, 0) is 6.42 Å². The van der Waals surface area contributed by atoms with E-state index in [0.717, 1.165) is 13.0 Å².